The molecule has 104 valence electrons. The van der Waals surface area contributed by atoms with E-state index < -0.39 is 0 Å². The molecular formula is C17H24O2. The lowest BCUT2D eigenvalue weighted by atomic mass is 9.82. The van der Waals surface area contributed by atoms with Gasteiger partial charge < -0.3 is 4.74 Å². The number of Topliss-reactive ketones (excluding diaryl/α,β-unsaturated/α-hetero) is 1. The van der Waals surface area contributed by atoms with Crippen molar-refractivity contribution in [3.8, 4) is 0 Å². The quantitative estimate of drug-likeness (QED) is 0.755. The maximum absolute atomic E-state index is 12.8. The highest BCUT2D eigenvalue weighted by atomic mass is 16.5. The van der Waals surface area contributed by atoms with Gasteiger partial charge in [-0.05, 0) is 63.3 Å². The van der Waals surface area contributed by atoms with Crippen LogP contribution in [0.3, 0.4) is 0 Å². The number of carbonyl (C=O) groups excluding carboxylic acids is 1. The van der Waals surface area contributed by atoms with Crippen LogP contribution in [0.5, 0.6) is 0 Å². The lowest BCUT2D eigenvalue weighted by molar-refractivity contribution is 0.0491. The van der Waals surface area contributed by atoms with Gasteiger partial charge >= 0.3 is 0 Å². The van der Waals surface area contributed by atoms with Crippen LogP contribution in [0.15, 0.2) is 12.1 Å². The second-order valence-electron chi connectivity index (χ2n) is 6.05. The smallest absolute Gasteiger partial charge is 0.169 e. The highest BCUT2D eigenvalue weighted by Gasteiger charge is 2.42. The minimum absolute atomic E-state index is 0.0125. The Kier molecular flexibility index (Phi) is 3.82. The van der Waals surface area contributed by atoms with Crippen LogP contribution < -0.4 is 0 Å². The Morgan fingerprint density at radius 3 is 2.05 bits per heavy atom. The minimum Gasteiger partial charge on any atom is -0.374 e. The van der Waals surface area contributed by atoms with Crippen LogP contribution in [0.4, 0.5) is 0 Å². The standard InChI is InChI=1S/C17H24O2/c1-9-7-11(3)15(8-10(9)2)17(18)16-12(4)13(5)19-14(16)6/h7-8,12-14,16H,1-6H3. The molecule has 1 aliphatic heterocycles. The first kappa shape index (κ1) is 14.3. The molecule has 0 saturated carbocycles. The van der Waals surface area contributed by atoms with E-state index in [0.717, 1.165) is 11.1 Å². The molecule has 1 aromatic rings. The molecule has 0 aromatic heterocycles. The van der Waals surface area contributed by atoms with E-state index in [1.165, 1.54) is 11.1 Å². The van der Waals surface area contributed by atoms with Crippen molar-refractivity contribution in [2.24, 2.45) is 11.8 Å². The molecule has 2 heteroatoms. The molecular weight excluding hydrogens is 236 g/mol. The molecule has 0 N–H and O–H groups in total. The predicted octanol–water partition coefficient (Wildman–Crippen LogP) is 3.85. The van der Waals surface area contributed by atoms with Gasteiger partial charge in [-0.2, -0.15) is 0 Å². The molecule has 4 unspecified atom stereocenters. The number of aryl methyl sites for hydroxylation is 3. The SMILES string of the molecule is Cc1cc(C)c(C(=O)C2C(C)OC(C)C2C)cc1C. The third kappa shape index (κ3) is 2.46. The largest absolute Gasteiger partial charge is 0.374 e. The van der Waals surface area contributed by atoms with Crippen molar-refractivity contribution in [3.63, 3.8) is 0 Å². The lowest BCUT2D eigenvalue weighted by Gasteiger charge is -2.19. The summed E-state index contributed by atoms with van der Waals surface area (Å²) in [6, 6.07) is 4.15. The Labute approximate surface area is 116 Å². The minimum atomic E-state index is -0.0178. The van der Waals surface area contributed by atoms with Gasteiger partial charge in [-0.1, -0.05) is 13.0 Å². The van der Waals surface area contributed by atoms with Crippen molar-refractivity contribution in [2.45, 2.75) is 53.8 Å². The van der Waals surface area contributed by atoms with Crippen molar-refractivity contribution in [2.75, 3.05) is 0 Å². The topological polar surface area (TPSA) is 26.3 Å². The molecule has 0 amide bonds. The van der Waals surface area contributed by atoms with Crippen molar-refractivity contribution < 1.29 is 9.53 Å². The van der Waals surface area contributed by atoms with Crippen LogP contribution in [0, 0.1) is 32.6 Å². The Bertz CT molecular complexity index is 504. The fourth-order valence-electron chi connectivity index (χ4n) is 3.12. The molecule has 1 saturated heterocycles. The van der Waals surface area contributed by atoms with E-state index in [9.17, 15) is 4.79 Å². The molecule has 0 bridgehead atoms. The van der Waals surface area contributed by atoms with Crippen molar-refractivity contribution in [1.29, 1.82) is 0 Å². The van der Waals surface area contributed by atoms with Gasteiger partial charge in [0.15, 0.2) is 5.78 Å². The van der Waals surface area contributed by atoms with Gasteiger partial charge in [0.1, 0.15) is 0 Å². The number of carbonyl (C=O) groups is 1. The number of ether oxygens (including phenoxy) is 1. The Morgan fingerprint density at radius 2 is 1.53 bits per heavy atom. The highest BCUT2D eigenvalue weighted by molar-refractivity contribution is 6.00. The first-order valence-electron chi connectivity index (χ1n) is 7.10. The fourth-order valence-corrected chi connectivity index (χ4v) is 3.12. The van der Waals surface area contributed by atoms with Crippen molar-refractivity contribution in [3.05, 3.63) is 34.4 Å². The van der Waals surface area contributed by atoms with E-state index in [2.05, 4.69) is 33.8 Å². The third-order valence-corrected chi connectivity index (χ3v) is 4.65. The van der Waals surface area contributed by atoms with E-state index in [4.69, 9.17) is 4.74 Å². The summed E-state index contributed by atoms with van der Waals surface area (Å²) in [5.74, 6) is 0.504. The first-order valence-corrected chi connectivity index (χ1v) is 7.10. The van der Waals surface area contributed by atoms with E-state index in [-0.39, 0.29) is 29.8 Å². The summed E-state index contributed by atoms with van der Waals surface area (Å²) >= 11 is 0. The first-order chi connectivity index (χ1) is 8.82. The second-order valence-corrected chi connectivity index (χ2v) is 6.05. The zero-order chi connectivity index (χ0) is 14.3. The summed E-state index contributed by atoms with van der Waals surface area (Å²) in [6.45, 7) is 12.4. The zero-order valence-electron chi connectivity index (χ0n) is 12.8. The Morgan fingerprint density at radius 1 is 0.947 bits per heavy atom. The number of hydrogen-bond acceptors (Lipinski definition) is 2. The summed E-state index contributed by atoms with van der Waals surface area (Å²) < 4.78 is 5.80. The molecule has 0 aliphatic carbocycles. The van der Waals surface area contributed by atoms with Crippen LogP contribution in [-0.4, -0.2) is 18.0 Å². The van der Waals surface area contributed by atoms with Gasteiger partial charge in [0, 0.05) is 5.56 Å². The lowest BCUT2D eigenvalue weighted by Crippen LogP contribution is -2.27. The summed E-state index contributed by atoms with van der Waals surface area (Å²) in [4.78, 5) is 12.8. The van der Waals surface area contributed by atoms with Gasteiger partial charge in [0.2, 0.25) is 0 Å². The Balaban J connectivity index is 2.37. The van der Waals surface area contributed by atoms with Gasteiger partial charge in [-0.25, -0.2) is 0 Å². The van der Waals surface area contributed by atoms with Gasteiger partial charge in [0.05, 0.1) is 18.1 Å². The van der Waals surface area contributed by atoms with Crippen LogP contribution in [0.1, 0.15) is 47.8 Å². The van der Waals surface area contributed by atoms with Gasteiger partial charge in [0.25, 0.3) is 0 Å². The average molecular weight is 260 g/mol. The Hall–Kier alpha value is -1.15. The van der Waals surface area contributed by atoms with E-state index in [1.54, 1.807) is 0 Å². The monoisotopic (exact) mass is 260 g/mol. The molecule has 0 radical (unpaired) electrons. The molecule has 2 rings (SSSR count). The van der Waals surface area contributed by atoms with Crippen LogP contribution in [0.25, 0.3) is 0 Å². The summed E-state index contributed by atoms with van der Waals surface area (Å²) in [5, 5.41) is 0. The predicted molar refractivity (Wildman–Crippen MR) is 77.6 cm³/mol. The number of benzene rings is 1. The summed E-state index contributed by atoms with van der Waals surface area (Å²) in [6.07, 6.45) is 0.175. The summed E-state index contributed by atoms with van der Waals surface area (Å²) in [5.41, 5.74) is 4.36. The number of hydrogen-bond donors (Lipinski definition) is 0. The van der Waals surface area contributed by atoms with E-state index in [0.29, 0.717) is 0 Å². The van der Waals surface area contributed by atoms with Crippen LogP contribution >= 0.6 is 0 Å². The van der Waals surface area contributed by atoms with Crippen LogP contribution in [0.2, 0.25) is 0 Å². The molecule has 0 spiro atoms. The number of ketones is 1. The fraction of sp³-hybridized carbons (Fsp3) is 0.588. The highest BCUT2D eigenvalue weighted by Crippen LogP contribution is 2.35. The average Bonchev–Trinajstić information content (AvgIpc) is 2.57. The van der Waals surface area contributed by atoms with Gasteiger partial charge in [-0.3, -0.25) is 4.79 Å². The van der Waals surface area contributed by atoms with E-state index >= 15 is 0 Å². The van der Waals surface area contributed by atoms with Crippen molar-refractivity contribution in [1.82, 2.24) is 0 Å². The van der Waals surface area contributed by atoms with Crippen molar-refractivity contribution >= 4 is 5.78 Å². The molecule has 19 heavy (non-hydrogen) atoms. The normalized spacial score (nSPS) is 30.6. The summed E-state index contributed by atoms with van der Waals surface area (Å²) in [7, 11) is 0. The van der Waals surface area contributed by atoms with Crippen LogP contribution in [-0.2, 0) is 4.74 Å². The molecule has 1 heterocycles. The molecule has 1 fully saturated rings. The second kappa shape index (κ2) is 5.09. The number of rotatable bonds is 2. The molecule has 1 aliphatic rings. The molecule has 4 atom stereocenters. The van der Waals surface area contributed by atoms with Gasteiger partial charge in [-0.15, -0.1) is 0 Å². The maximum atomic E-state index is 12.8. The molecule has 2 nitrogen and oxygen atoms in total. The molecule has 1 aromatic carbocycles. The third-order valence-electron chi connectivity index (χ3n) is 4.65. The zero-order valence-corrected chi connectivity index (χ0v) is 12.8. The van der Waals surface area contributed by atoms with E-state index in [1.807, 2.05) is 19.9 Å². The maximum Gasteiger partial charge on any atom is 0.169 e.